The Kier molecular flexibility index (Phi) is 5.14. The molecule has 2 aromatic rings. The predicted octanol–water partition coefficient (Wildman–Crippen LogP) is 2.72. The Labute approximate surface area is 161 Å². The molecule has 2 aliphatic rings. The minimum atomic E-state index is -0.274. The number of carbonyl (C=O) groups is 1. The average Bonchev–Trinajstić information content (AvgIpc) is 3.12. The van der Waals surface area contributed by atoms with Gasteiger partial charge in [-0.05, 0) is 43.8 Å². The van der Waals surface area contributed by atoms with Crippen LogP contribution in [0, 0.1) is 0 Å². The van der Waals surface area contributed by atoms with Crippen LogP contribution in [0.3, 0.4) is 0 Å². The summed E-state index contributed by atoms with van der Waals surface area (Å²) in [4.78, 5) is 19.8. The van der Waals surface area contributed by atoms with Gasteiger partial charge in [0.05, 0.1) is 13.2 Å². The van der Waals surface area contributed by atoms with Crippen LogP contribution in [0.25, 0.3) is 0 Å². The molecule has 0 bridgehead atoms. The summed E-state index contributed by atoms with van der Waals surface area (Å²) in [5.74, 6) is 0.143. The molecule has 1 unspecified atom stereocenters. The number of rotatable bonds is 4. The van der Waals surface area contributed by atoms with Crippen LogP contribution in [0.1, 0.15) is 17.2 Å². The van der Waals surface area contributed by atoms with Crippen molar-refractivity contribution in [2.45, 2.75) is 12.5 Å². The summed E-state index contributed by atoms with van der Waals surface area (Å²) in [5, 5.41) is 0. The normalized spacial score (nSPS) is 17.9. The number of fused-ring (bicyclic) bond motifs is 1. The van der Waals surface area contributed by atoms with Gasteiger partial charge in [-0.25, -0.2) is 0 Å². The minimum absolute atomic E-state index is 0.143. The second kappa shape index (κ2) is 7.71. The topological polar surface area (TPSA) is 36.0 Å². The highest BCUT2D eigenvalue weighted by molar-refractivity contribution is 6.00. The Balaban J connectivity index is 1.63. The maximum absolute atomic E-state index is 13.5. The Morgan fingerprint density at radius 2 is 1.78 bits per heavy atom. The van der Waals surface area contributed by atoms with Crippen LogP contribution in [0.5, 0.6) is 0 Å². The van der Waals surface area contributed by atoms with Gasteiger partial charge in [-0.1, -0.05) is 36.4 Å². The molecule has 1 fully saturated rings. The average molecular weight is 365 g/mol. The van der Waals surface area contributed by atoms with Gasteiger partial charge in [0, 0.05) is 31.0 Å². The first kappa shape index (κ1) is 18.0. The summed E-state index contributed by atoms with van der Waals surface area (Å²) in [5.41, 5.74) is 4.53. The number of ether oxygens (including phenoxy) is 1. The molecule has 2 aromatic carbocycles. The summed E-state index contributed by atoms with van der Waals surface area (Å²) >= 11 is 0. The first-order chi connectivity index (χ1) is 13.1. The maximum Gasteiger partial charge on any atom is 0.248 e. The second-order valence-corrected chi connectivity index (χ2v) is 7.43. The fourth-order valence-corrected chi connectivity index (χ4v) is 4.06. The Morgan fingerprint density at radius 1 is 1.04 bits per heavy atom. The number of hydrogen-bond donors (Lipinski definition) is 0. The molecular formula is C22H27N3O2. The quantitative estimate of drug-likeness (QED) is 0.835. The Bertz CT molecular complexity index is 800. The lowest BCUT2D eigenvalue weighted by molar-refractivity contribution is -0.123. The molecule has 2 heterocycles. The van der Waals surface area contributed by atoms with Crippen LogP contribution in [0.15, 0.2) is 48.5 Å². The van der Waals surface area contributed by atoms with Gasteiger partial charge in [0.25, 0.3) is 0 Å². The van der Waals surface area contributed by atoms with E-state index in [0.717, 1.165) is 50.5 Å². The van der Waals surface area contributed by atoms with Crippen molar-refractivity contribution in [1.29, 1.82) is 0 Å². The van der Waals surface area contributed by atoms with Gasteiger partial charge >= 0.3 is 0 Å². The van der Waals surface area contributed by atoms with Crippen molar-refractivity contribution in [1.82, 2.24) is 4.90 Å². The molecule has 0 N–H and O–H groups in total. The van der Waals surface area contributed by atoms with Gasteiger partial charge < -0.3 is 14.5 Å². The highest BCUT2D eigenvalue weighted by Crippen LogP contribution is 2.35. The zero-order valence-corrected chi connectivity index (χ0v) is 16.1. The van der Waals surface area contributed by atoms with Crippen molar-refractivity contribution < 1.29 is 9.53 Å². The van der Waals surface area contributed by atoms with Crippen molar-refractivity contribution in [2.24, 2.45) is 0 Å². The molecule has 1 amide bonds. The first-order valence-corrected chi connectivity index (χ1v) is 9.63. The van der Waals surface area contributed by atoms with E-state index in [1.807, 2.05) is 54.2 Å². The molecule has 0 spiro atoms. The van der Waals surface area contributed by atoms with Crippen LogP contribution in [-0.2, 0) is 16.0 Å². The van der Waals surface area contributed by atoms with E-state index in [4.69, 9.17) is 4.74 Å². The number of carbonyl (C=O) groups excluding carboxylic acids is 1. The van der Waals surface area contributed by atoms with E-state index < -0.39 is 0 Å². The highest BCUT2D eigenvalue weighted by Gasteiger charge is 2.32. The number of morpholine rings is 1. The van der Waals surface area contributed by atoms with Gasteiger partial charge in [0.1, 0.15) is 6.04 Å². The number of amides is 1. The van der Waals surface area contributed by atoms with E-state index in [1.165, 1.54) is 11.3 Å². The third-order valence-electron chi connectivity index (χ3n) is 5.47. The van der Waals surface area contributed by atoms with Crippen LogP contribution < -0.4 is 9.80 Å². The Hall–Kier alpha value is -2.37. The third-order valence-corrected chi connectivity index (χ3v) is 5.47. The monoisotopic (exact) mass is 365 g/mol. The van der Waals surface area contributed by atoms with Crippen LogP contribution in [-0.4, -0.2) is 57.8 Å². The van der Waals surface area contributed by atoms with Gasteiger partial charge in [0.2, 0.25) is 5.91 Å². The molecule has 27 heavy (non-hydrogen) atoms. The standard InChI is InChI=1S/C22H27N3O2/c1-23(2)21(18-6-4-3-5-7-18)22(26)25-11-10-17-8-9-19(16-20(17)25)24-12-14-27-15-13-24/h3-9,16,21H,10-15H2,1-2H3. The number of benzene rings is 2. The molecule has 5 nitrogen and oxygen atoms in total. The second-order valence-electron chi connectivity index (χ2n) is 7.43. The fourth-order valence-electron chi connectivity index (χ4n) is 4.06. The van der Waals surface area contributed by atoms with Crippen molar-refractivity contribution in [2.75, 3.05) is 56.7 Å². The highest BCUT2D eigenvalue weighted by atomic mass is 16.5. The molecule has 2 aliphatic heterocycles. The number of likely N-dealkylation sites (N-methyl/N-ethyl adjacent to an activating group) is 1. The fraction of sp³-hybridized carbons (Fsp3) is 0.409. The summed E-state index contributed by atoms with van der Waals surface area (Å²) in [6.45, 7) is 4.07. The number of hydrogen-bond acceptors (Lipinski definition) is 4. The molecule has 0 saturated carbocycles. The minimum Gasteiger partial charge on any atom is -0.378 e. The summed E-state index contributed by atoms with van der Waals surface area (Å²) in [6, 6.07) is 16.3. The third kappa shape index (κ3) is 3.57. The van der Waals surface area contributed by atoms with E-state index in [-0.39, 0.29) is 11.9 Å². The van der Waals surface area contributed by atoms with E-state index in [0.29, 0.717) is 0 Å². The van der Waals surface area contributed by atoms with Gasteiger partial charge in [-0.15, -0.1) is 0 Å². The van der Waals surface area contributed by atoms with Crippen molar-refractivity contribution >= 4 is 17.3 Å². The van der Waals surface area contributed by atoms with Crippen molar-refractivity contribution in [3.05, 3.63) is 59.7 Å². The molecule has 1 atom stereocenters. The zero-order valence-electron chi connectivity index (χ0n) is 16.1. The van der Waals surface area contributed by atoms with E-state index in [1.54, 1.807) is 0 Å². The lowest BCUT2D eigenvalue weighted by Crippen LogP contribution is -2.40. The van der Waals surface area contributed by atoms with Gasteiger partial charge in [0.15, 0.2) is 0 Å². The lowest BCUT2D eigenvalue weighted by atomic mass is 10.0. The lowest BCUT2D eigenvalue weighted by Gasteiger charge is -2.31. The largest absolute Gasteiger partial charge is 0.378 e. The van der Waals surface area contributed by atoms with E-state index >= 15 is 0 Å². The smallest absolute Gasteiger partial charge is 0.248 e. The van der Waals surface area contributed by atoms with Crippen LogP contribution >= 0.6 is 0 Å². The van der Waals surface area contributed by atoms with E-state index in [2.05, 4.69) is 23.1 Å². The molecule has 5 heteroatoms. The summed E-state index contributed by atoms with van der Waals surface area (Å²) in [6.07, 6.45) is 0.916. The van der Waals surface area contributed by atoms with Crippen LogP contribution in [0.4, 0.5) is 11.4 Å². The summed E-state index contributed by atoms with van der Waals surface area (Å²) in [7, 11) is 3.94. The molecule has 0 aromatic heterocycles. The van der Waals surface area contributed by atoms with Crippen molar-refractivity contribution in [3.63, 3.8) is 0 Å². The predicted molar refractivity (Wildman–Crippen MR) is 108 cm³/mol. The zero-order chi connectivity index (χ0) is 18.8. The van der Waals surface area contributed by atoms with Crippen LogP contribution in [0.2, 0.25) is 0 Å². The molecular weight excluding hydrogens is 338 g/mol. The number of nitrogens with zero attached hydrogens (tertiary/aromatic N) is 3. The van der Waals surface area contributed by atoms with Gasteiger partial charge in [-0.3, -0.25) is 9.69 Å². The van der Waals surface area contributed by atoms with E-state index in [9.17, 15) is 4.79 Å². The molecule has 4 rings (SSSR count). The molecule has 0 radical (unpaired) electrons. The maximum atomic E-state index is 13.5. The van der Waals surface area contributed by atoms with Crippen molar-refractivity contribution in [3.8, 4) is 0 Å². The summed E-state index contributed by atoms with van der Waals surface area (Å²) < 4.78 is 5.47. The van der Waals surface area contributed by atoms with Gasteiger partial charge in [-0.2, -0.15) is 0 Å². The number of anilines is 2. The molecule has 1 saturated heterocycles. The first-order valence-electron chi connectivity index (χ1n) is 9.63. The molecule has 142 valence electrons. The SMILES string of the molecule is CN(C)C(C(=O)N1CCc2ccc(N3CCOCC3)cc21)c1ccccc1. The Morgan fingerprint density at radius 3 is 2.48 bits per heavy atom. The molecule has 0 aliphatic carbocycles.